The highest BCUT2D eigenvalue weighted by Crippen LogP contribution is 2.49. The van der Waals surface area contributed by atoms with Crippen LogP contribution < -0.4 is 10.1 Å². The molecule has 2 aromatic carbocycles. The molecule has 2 aliphatic heterocycles. The summed E-state index contributed by atoms with van der Waals surface area (Å²) in [6.45, 7) is 3.75. The van der Waals surface area contributed by atoms with Crippen LogP contribution in [0, 0.1) is 6.92 Å². The van der Waals surface area contributed by atoms with Crippen LogP contribution in [-0.2, 0) is 17.5 Å². The fraction of sp³-hybridized carbons (Fsp3) is 0.455. The van der Waals surface area contributed by atoms with Crippen LogP contribution in [0.4, 0.5) is 17.6 Å². The minimum absolute atomic E-state index is 0.0755. The molecule has 0 amide bonds. The molecule has 2 aromatic rings. The molecule has 2 aliphatic rings. The Labute approximate surface area is 161 Å². The Kier molecular flexibility index (Phi) is 4.45. The quantitative estimate of drug-likeness (QED) is 0.743. The van der Waals surface area contributed by atoms with E-state index < -0.39 is 17.4 Å². The zero-order chi connectivity index (χ0) is 20.2. The van der Waals surface area contributed by atoms with Gasteiger partial charge in [0.15, 0.2) is 0 Å². The molecule has 150 valence electrons. The Hall–Kier alpha value is -2.08. The number of hydrogen-bond donors (Lipinski definition) is 1. The van der Waals surface area contributed by atoms with E-state index in [1.54, 1.807) is 6.07 Å². The van der Waals surface area contributed by atoms with Crippen LogP contribution in [0.25, 0.3) is 0 Å². The molecule has 1 N–H and O–H groups in total. The number of ether oxygens (including phenoxy) is 1. The number of halogens is 4. The van der Waals surface area contributed by atoms with Gasteiger partial charge < -0.3 is 10.1 Å². The Morgan fingerprint density at radius 2 is 1.82 bits per heavy atom. The lowest BCUT2D eigenvalue weighted by Gasteiger charge is -2.41. The maximum Gasteiger partial charge on any atom is 0.426 e. The SMILES string of the molecule is Cc1ccc(CC23CCNC2COc2cc(C(C)(F)C(F)(F)F)ccc23)cc1. The molecule has 0 aromatic heterocycles. The smallest absolute Gasteiger partial charge is 0.426 e. The minimum atomic E-state index is -4.98. The number of fused-ring (bicyclic) bond motifs is 3. The van der Waals surface area contributed by atoms with Gasteiger partial charge in [0.2, 0.25) is 5.67 Å². The Balaban J connectivity index is 1.76. The van der Waals surface area contributed by atoms with Crippen LogP contribution in [0.3, 0.4) is 0 Å². The van der Waals surface area contributed by atoms with E-state index in [1.807, 2.05) is 6.92 Å². The van der Waals surface area contributed by atoms with Gasteiger partial charge in [0.1, 0.15) is 12.4 Å². The predicted octanol–water partition coefficient (Wildman–Crippen LogP) is 4.98. The minimum Gasteiger partial charge on any atom is -0.492 e. The van der Waals surface area contributed by atoms with E-state index in [2.05, 4.69) is 29.6 Å². The summed E-state index contributed by atoms with van der Waals surface area (Å²) in [6.07, 6.45) is -3.37. The average molecular weight is 393 g/mol. The van der Waals surface area contributed by atoms with Gasteiger partial charge in [0.25, 0.3) is 0 Å². The van der Waals surface area contributed by atoms with E-state index in [4.69, 9.17) is 4.74 Å². The molecule has 3 unspecified atom stereocenters. The molecule has 28 heavy (non-hydrogen) atoms. The second kappa shape index (κ2) is 6.48. The molecule has 0 radical (unpaired) electrons. The van der Waals surface area contributed by atoms with Crippen molar-refractivity contribution in [2.45, 2.75) is 50.0 Å². The van der Waals surface area contributed by atoms with Gasteiger partial charge in [-0.2, -0.15) is 13.2 Å². The summed E-state index contributed by atoms with van der Waals surface area (Å²) in [5, 5.41) is 3.46. The topological polar surface area (TPSA) is 21.3 Å². The molecule has 0 aliphatic carbocycles. The Bertz CT molecular complexity index is 875. The van der Waals surface area contributed by atoms with E-state index in [0.717, 1.165) is 24.9 Å². The molecular formula is C22H23F4NO. The highest BCUT2D eigenvalue weighted by atomic mass is 19.4. The fourth-order valence-corrected chi connectivity index (χ4v) is 4.44. The second-order valence-corrected chi connectivity index (χ2v) is 8.10. The molecule has 1 saturated heterocycles. The van der Waals surface area contributed by atoms with Crippen LogP contribution in [0.2, 0.25) is 0 Å². The van der Waals surface area contributed by atoms with E-state index in [1.165, 1.54) is 23.3 Å². The first-order chi connectivity index (χ1) is 13.1. The molecule has 2 nitrogen and oxygen atoms in total. The zero-order valence-electron chi connectivity index (χ0n) is 15.9. The van der Waals surface area contributed by atoms with Gasteiger partial charge in [-0.25, -0.2) is 4.39 Å². The normalized spacial score (nSPS) is 26.1. The largest absolute Gasteiger partial charge is 0.492 e. The monoisotopic (exact) mass is 393 g/mol. The standard InChI is InChI=1S/C22H23F4NO/c1-14-3-5-15(6-4-14)12-21-9-10-27-19(21)13-28-18-11-16(7-8-17(18)21)20(2,23)22(24,25)26/h3-8,11,19,27H,9-10,12-13H2,1-2H3. The molecule has 0 bridgehead atoms. The third-order valence-electron chi connectivity index (χ3n) is 6.27. The number of nitrogens with one attached hydrogen (secondary N) is 1. The average Bonchev–Trinajstić information content (AvgIpc) is 3.06. The second-order valence-electron chi connectivity index (χ2n) is 8.10. The molecule has 6 heteroatoms. The third-order valence-corrected chi connectivity index (χ3v) is 6.27. The van der Waals surface area contributed by atoms with Gasteiger partial charge in [0.05, 0.1) is 6.04 Å². The van der Waals surface area contributed by atoms with Gasteiger partial charge >= 0.3 is 6.18 Å². The van der Waals surface area contributed by atoms with Crippen LogP contribution in [-0.4, -0.2) is 25.4 Å². The van der Waals surface area contributed by atoms with Crippen molar-refractivity contribution >= 4 is 0 Å². The summed E-state index contributed by atoms with van der Waals surface area (Å²) < 4.78 is 59.6. The van der Waals surface area contributed by atoms with Crippen molar-refractivity contribution in [3.63, 3.8) is 0 Å². The number of hydrogen-bond acceptors (Lipinski definition) is 2. The highest BCUT2D eigenvalue weighted by Gasteiger charge is 2.54. The molecule has 3 atom stereocenters. The lowest BCUT2D eigenvalue weighted by atomic mass is 9.68. The van der Waals surface area contributed by atoms with Crippen molar-refractivity contribution in [1.29, 1.82) is 0 Å². The van der Waals surface area contributed by atoms with Crippen LogP contribution >= 0.6 is 0 Å². The number of rotatable bonds is 3. The summed E-state index contributed by atoms with van der Waals surface area (Å²) in [4.78, 5) is 0. The molecule has 1 fully saturated rings. The highest BCUT2D eigenvalue weighted by molar-refractivity contribution is 5.49. The van der Waals surface area contributed by atoms with Crippen molar-refractivity contribution < 1.29 is 22.3 Å². The van der Waals surface area contributed by atoms with Crippen molar-refractivity contribution in [1.82, 2.24) is 5.32 Å². The molecule has 0 spiro atoms. The van der Waals surface area contributed by atoms with Gasteiger partial charge in [-0.1, -0.05) is 42.0 Å². The third kappa shape index (κ3) is 2.98. The molecule has 4 rings (SSSR count). The van der Waals surface area contributed by atoms with Crippen LogP contribution in [0.15, 0.2) is 42.5 Å². The number of benzene rings is 2. The van der Waals surface area contributed by atoms with Crippen molar-refractivity contribution in [2.24, 2.45) is 0 Å². The van der Waals surface area contributed by atoms with Gasteiger partial charge in [-0.3, -0.25) is 0 Å². The molecule has 0 saturated carbocycles. The fourth-order valence-electron chi connectivity index (χ4n) is 4.44. The summed E-state index contributed by atoms with van der Waals surface area (Å²) >= 11 is 0. The lowest BCUT2D eigenvalue weighted by molar-refractivity contribution is -0.228. The Morgan fingerprint density at radius 3 is 2.50 bits per heavy atom. The summed E-state index contributed by atoms with van der Waals surface area (Å²) in [6, 6.07) is 12.5. The lowest BCUT2D eigenvalue weighted by Crippen LogP contribution is -2.49. The maximum atomic E-state index is 14.5. The van der Waals surface area contributed by atoms with E-state index >= 15 is 0 Å². The van der Waals surface area contributed by atoms with Crippen LogP contribution in [0.5, 0.6) is 5.75 Å². The van der Waals surface area contributed by atoms with Crippen molar-refractivity contribution in [3.8, 4) is 5.75 Å². The van der Waals surface area contributed by atoms with Gasteiger partial charge in [-0.05, 0) is 44.9 Å². The van der Waals surface area contributed by atoms with E-state index in [0.29, 0.717) is 19.3 Å². The van der Waals surface area contributed by atoms with E-state index in [-0.39, 0.29) is 11.5 Å². The van der Waals surface area contributed by atoms with Gasteiger partial charge in [-0.15, -0.1) is 0 Å². The first kappa shape index (κ1) is 19.2. The zero-order valence-corrected chi connectivity index (χ0v) is 15.9. The number of aryl methyl sites for hydroxylation is 1. The number of alkyl halides is 4. The van der Waals surface area contributed by atoms with Gasteiger partial charge in [0, 0.05) is 16.5 Å². The first-order valence-corrected chi connectivity index (χ1v) is 9.46. The Morgan fingerprint density at radius 1 is 1.11 bits per heavy atom. The van der Waals surface area contributed by atoms with Crippen LogP contribution in [0.1, 0.15) is 35.6 Å². The summed E-state index contributed by atoms with van der Waals surface area (Å²) in [5.41, 5.74) is -0.910. The van der Waals surface area contributed by atoms with E-state index in [9.17, 15) is 17.6 Å². The van der Waals surface area contributed by atoms with Crippen molar-refractivity contribution in [2.75, 3.05) is 13.2 Å². The van der Waals surface area contributed by atoms with Crippen molar-refractivity contribution in [3.05, 3.63) is 64.7 Å². The summed E-state index contributed by atoms with van der Waals surface area (Å²) in [5.74, 6) is 0.359. The first-order valence-electron chi connectivity index (χ1n) is 9.46. The molecular weight excluding hydrogens is 370 g/mol. The predicted molar refractivity (Wildman–Crippen MR) is 99.4 cm³/mol. The maximum absolute atomic E-state index is 14.5. The molecule has 2 heterocycles. The summed E-state index contributed by atoms with van der Waals surface area (Å²) in [7, 11) is 0.